The normalized spacial score (nSPS) is 13.2. The van der Waals surface area contributed by atoms with Crippen LogP contribution in [0.5, 0.6) is 5.75 Å². The van der Waals surface area contributed by atoms with E-state index in [4.69, 9.17) is 4.74 Å². The Morgan fingerprint density at radius 1 is 1.17 bits per heavy atom. The summed E-state index contributed by atoms with van der Waals surface area (Å²) < 4.78 is 22.5. The number of thiophene rings is 1. The second-order valence-corrected chi connectivity index (χ2v) is 12.5. The number of carbonyl (C=O) groups is 1. The van der Waals surface area contributed by atoms with Gasteiger partial charge in [-0.2, -0.15) is 10.2 Å². The third-order valence-electron chi connectivity index (χ3n) is 6.64. The van der Waals surface area contributed by atoms with Crippen LogP contribution in [0.25, 0.3) is 15.2 Å². The molecule has 3 heterocycles. The molecule has 0 radical (unpaired) electrons. The molecule has 0 spiro atoms. The fraction of sp³-hybridized carbons (Fsp3) is 0.464. The number of aliphatic hydroxyl groups is 1. The van der Waals surface area contributed by atoms with Crippen molar-refractivity contribution in [2.24, 2.45) is 0 Å². The smallest absolute Gasteiger partial charge is 0.333 e. The molecular formula is C28H35FN6O6S. The van der Waals surface area contributed by atoms with Gasteiger partial charge in [-0.1, -0.05) is 11.3 Å². The van der Waals surface area contributed by atoms with Crippen LogP contribution in [0.1, 0.15) is 58.8 Å². The summed E-state index contributed by atoms with van der Waals surface area (Å²) in [5.41, 5.74) is -3.87. The highest BCUT2D eigenvalue weighted by Crippen LogP contribution is 2.34. The van der Waals surface area contributed by atoms with E-state index in [0.717, 1.165) is 28.0 Å². The summed E-state index contributed by atoms with van der Waals surface area (Å²) in [7, 11) is 0. The first kappa shape index (κ1) is 31.1. The van der Waals surface area contributed by atoms with Crippen molar-refractivity contribution in [3.05, 3.63) is 68.4 Å². The molecule has 4 rings (SSSR count). The summed E-state index contributed by atoms with van der Waals surface area (Å²) in [4.78, 5) is 43.1. The van der Waals surface area contributed by atoms with Gasteiger partial charge in [0, 0.05) is 17.2 Å². The number of fused-ring (bicyclic) bond motifs is 1. The molecule has 0 aliphatic rings. The van der Waals surface area contributed by atoms with Crippen LogP contribution < -0.4 is 16.6 Å². The third-order valence-corrected chi connectivity index (χ3v) is 7.93. The maximum atomic E-state index is 14.3. The maximum absolute atomic E-state index is 14.3. The van der Waals surface area contributed by atoms with E-state index in [-0.39, 0.29) is 40.7 Å². The second-order valence-electron chi connectivity index (χ2n) is 11.6. The van der Waals surface area contributed by atoms with E-state index in [2.05, 4.69) is 15.5 Å². The van der Waals surface area contributed by atoms with Gasteiger partial charge < -0.3 is 20.3 Å². The van der Waals surface area contributed by atoms with Crippen molar-refractivity contribution in [2.75, 3.05) is 6.61 Å². The number of nitrogens with one attached hydrogen (secondary N) is 1. The number of halogens is 1. The van der Waals surface area contributed by atoms with E-state index in [1.165, 1.54) is 55.5 Å². The summed E-state index contributed by atoms with van der Waals surface area (Å²) >= 11 is 1.09. The first-order valence-electron chi connectivity index (χ1n) is 13.3. The Hall–Kier alpha value is -3.88. The van der Waals surface area contributed by atoms with E-state index >= 15 is 0 Å². The van der Waals surface area contributed by atoms with E-state index < -0.39 is 40.2 Å². The zero-order chi connectivity index (χ0) is 31.1. The largest absolute Gasteiger partial charge is 0.508 e. The molecule has 3 aromatic heterocycles. The lowest BCUT2D eigenvalue weighted by Gasteiger charge is -2.29. The average molecular weight is 603 g/mol. The zero-order valence-electron chi connectivity index (χ0n) is 24.5. The highest BCUT2D eigenvalue weighted by Gasteiger charge is 2.36. The topological polar surface area (TPSA) is 154 Å². The zero-order valence-corrected chi connectivity index (χ0v) is 25.3. The third kappa shape index (κ3) is 6.01. The molecule has 0 aliphatic heterocycles. The summed E-state index contributed by atoms with van der Waals surface area (Å²) in [6, 6.07) is 3.08. The Kier molecular flexibility index (Phi) is 8.45. The number of nitrogens with zero attached hydrogens (tertiary/aromatic N) is 5. The number of aromatic hydroxyl groups is 1. The van der Waals surface area contributed by atoms with Gasteiger partial charge in [-0.3, -0.25) is 14.2 Å². The number of rotatable bonds is 10. The number of phenolic OH excluding ortho intramolecular Hbond substituents is 1. The number of hydrogen-bond acceptors (Lipinski definition) is 9. The van der Waals surface area contributed by atoms with Gasteiger partial charge >= 0.3 is 5.69 Å². The van der Waals surface area contributed by atoms with Crippen LogP contribution in [0.2, 0.25) is 0 Å². The van der Waals surface area contributed by atoms with Crippen molar-refractivity contribution < 1.29 is 24.1 Å². The minimum atomic E-state index is -1.61. The minimum absolute atomic E-state index is 0.0381. The number of hydrogen-bond donors (Lipinski definition) is 3. The molecule has 0 bridgehead atoms. The van der Waals surface area contributed by atoms with Gasteiger partial charge in [-0.25, -0.2) is 13.8 Å². The van der Waals surface area contributed by atoms with Gasteiger partial charge in [0.05, 0.1) is 36.5 Å². The highest BCUT2D eigenvalue weighted by molar-refractivity contribution is 7.21. The molecule has 0 saturated heterocycles. The molecule has 3 N–H and O–H groups in total. The summed E-state index contributed by atoms with van der Waals surface area (Å²) in [6.45, 7) is 10.7. The van der Waals surface area contributed by atoms with Crippen LogP contribution >= 0.6 is 11.3 Å². The van der Waals surface area contributed by atoms with Gasteiger partial charge in [-0.05, 0) is 66.7 Å². The van der Waals surface area contributed by atoms with E-state index in [1.807, 2.05) is 0 Å². The van der Waals surface area contributed by atoms with Gasteiger partial charge in [0.2, 0.25) is 5.91 Å². The number of carbonyl (C=O) groups excluding carboxylic acids is 1. The molecule has 0 unspecified atom stereocenters. The highest BCUT2D eigenvalue weighted by atomic mass is 32.1. The Morgan fingerprint density at radius 2 is 1.81 bits per heavy atom. The lowest BCUT2D eigenvalue weighted by atomic mass is 10.0. The maximum Gasteiger partial charge on any atom is 0.333 e. The minimum Gasteiger partial charge on any atom is -0.508 e. The number of aryl methyl sites for hydroxylation is 1. The molecule has 14 heteroatoms. The van der Waals surface area contributed by atoms with Crippen LogP contribution in [0.15, 0.2) is 40.2 Å². The fourth-order valence-corrected chi connectivity index (χ4v) is 5.75. The lowest BCUT2D eigenvalue weighted by molar-refractivity contribution is -0.129. The molecule has 0 aliphatic carbocycles. The molecule has 0 saturated carbocycles. The quantitative estimate of drug-likeness (QED) is 0.251. The first-order chi connectivity index (χ1) is 19.5. The van der Waals surface area contributed by atoms with Crippen molar-refractivity contribution in [2.45, 2.75) is 78.3 Å². The summed E-state index contributed by atoms with van der Waals surface area (Å²) in [5, 5.41) is 32.7. The van der Waals surface area contributed by atoms with Crippen LogP contribution in [0, 0.1) is 12.7 Å². The fourth-order valence-electron chi connectivity index (χ4n) is 4.53. The second kappa shape index (κ2) is 11.4. The van der Waals surface area contributed by atoms with Crippen LogP contribution in [-0.4, -0.2) is 58.5 Å². The molecule has 1 atom stereocenters. The van der Waals surface area contributed by atoms with Crippen molar-refractivity contribution in [1.82, 2.24) is 29.4 Å². The SMILES string of the molecule is Cc1c(-n2nccn2)sc2c1c(=O)n(C(C)(C)C(=O)NC(C)C)c(=O)n2C[C@H](OCC(C)(C)O)c1cc(F)ccc1O. The van der Waals surface area contributed by atoms with Crippen LogP contribution in [0.3, 0.4) is 0 Å². The molecule has 1 amide bonds. The first-order valence-corrected chi connectivity index (χ1v) is 14.1. The Labute approximate surface area is 245 Å². The molecular weight excluding hydrogens is 567 g/mol. The van der Waals surface area contributed by atoms with Crippen molar-refractivity contribution in [1.29, 1.82) is 0 Å². The van der Waals surface area contributed by atoms with Crippen LogP contribution in [-0.2, 0) is 21.6 Å². The van der Waals surface area contributed by atoms with E-state index in [1.54, 1.807) is 20.8 Å². The number of benzene rings is 1. The van der Waals surface area contributed by atoms with E-state index in [0.29, 0.717) is 10.6 Å². The van der Waals surface area contributed by atoms with Gasteiger partial charge in [0.25, 0.3) is 5.56 Å². The monoisotopic (exact) mass is 602 g/mol. The predicted molar refractivity (Wildman–Crippen MR) is 156 cm³/mol. The lowest BCUT2D eigenvalue weighted by Crippen LogP contribution is -2.56. The number of aromatic nitrogens is 5. The van der Waals surface area contributed by atoms with E-state index in [9.17, 15) is 29.0 Å². The van der Waals surface area contributed by atoms with Gasteiger partial charge in [-0.15, -0.1) is 4.80 Å². The molecule has 4 aromatic rings. The van der Waals surface area contributed by atoms with Crippen LogP contribution in [0.4, 0.5) is 4.39 Å². The number of ether oxygens (including phenoxy) is 1. The Morgan fingerprint density at radius 3 is 2.40 bits per heavy atom. The Bertz CT molecular complexity index is 1730. The Balaban J connectivity index is 2.03. The molecule has 42 heavy (non-hydrogen) atoms. The van der Waals surface area contributed by atoms with Crippen molar-refractivity contribution in [3.8, 4) is 10.8 Å². The van der Waals surface area contributed by atoms with Crippen molar-refractivity contribution in [3.63, 3.8) is 0 Å². The molecule has 226 valence electrons. The van der Waals surface area contributed by atoms with Crippen molar-refractivity contribution >= 4 is 27.5 Å². The summed E-state index contributed by atoms with van der Waals surface area (Å²) in [5.74, 6) is -1.47. The van der Waals surface area contributed by atoms with Gasteiger partial charge in [0.15, 0.2) is 0 Å². The molecule has 1 aromatic carbocycles. The summed E-state index contributed by atoms with van der Waals surface area (Å²) in [6.07, 6.45) is 1.81. The van der Waals surface area contributed by atoms with Gasteiger partial charge in [0.1, 0.15) is 33.0 Å². The molecule has 0 fully saturated rings. The molecule has 12 nitrogen and oxygen atoms in total. The average Bonchev–Trinajstić information content (AvgIpc) is 3.52. The predicted octanol–water partition coefficient (Wildman–Crippen LogP) is 2.75. The number of amides is 1. The number of phenols is 1. The standard InChI is InChI=1S/C28H35FN6O6S/c1-15(2)32-25(38)28(6,7)34-22(37)21-16(3)23(35-30-10-11-31-35)42-24(21)33(26(34)39)13-20(41-14-27(4,5)40)18-12-17(29)8-9-19(18)36/h8-12,15,20,36,40H,13-14H2,1-7H3,(H,32,38)/t20-/m0/s1.